The summed E-state index contributed by atoms with van der Waals surface area (Å²) in [6.07, 6.45) is 4.86. The van der Waals surface area contributed by atoms with Gasteiger partial charge in [0.25, 0.3) is 0 Å². The van der Waals surface area contributed by atoms with Gasteiger partial charge in [0.1, 0.15) is 0 Å². The predicted octanol–water partition coefficient (Wildman–Crippen LogP) is 0.875. The second-order valence-corrected chi connectivity index (χ2v) is 7.91. The van der Waals surface area contributed by atoms with Gasteiger partial charge in [0.05, 0.1) is 8.80 Å². The highest BCUT2D eigenvalue weighted by Gasteiger charge is 2.30. The fourth-order valence-electron chi connectivity index (χ4n) is 2.62. The van der Waals surface area contributed by atoms with Crippen molar-refractivity contribution >= 4 is 8.80 Å². The van der Waals surface area contributed by atoms with Gasteiger partial charge in [-0.15, -0.1) is 0 Å². The molecule has 1 fully saturated rings. The summed E-state index contributed by atoms with van der Waals surface area (Å²) < 4.78 is 5.97. The summed E-state index contributed by atoms with van der Waals surface area (Å²) >= 11 is 0. The molecular weight excluding hydrogens is 204 g/mol. The van der Waals surface area contributed by atoms with Crippen LogP contribution in [0.25, 0.3) is 0 Å². The van der Waals surface area contributed by atoms with Crippen molar-refractivity contribution in [1.29, 1.82) is 0 Å². The highest BCUT2D eigenvalue weighted by atomic mass is 28.3. The van der Waals surface area contributed by atoms with Gasteiger partial charge in [0.2, 0.25) is 0 Å². The molecule has 0 aliphatic carbocycles. The van der Waals surface area contributed by atoms with Crippen LogP contribution in [0, 0.1) is 5.92 Å². The molecule has 1 rings (SSSR count). The number of nitrogens with two attached hydrogens (primary N) is 2. The molecule has 0 bridgehead atoms. The van der Waals surface area contributed by atoms with Gasteiger partial charge in [-0.2, -0.15) is 0 Å². The normalized spacial score (nSPS) is 29.0. The van der Waals surface area contributed by atoms with E-state index in [2.05, 4.69) is 6.55 Å². The van der Waals surface area contributed by atoms with Gasteiger partial charge < -0.3 is 16.2 Å². The zero-order valence-electron chi connectivity index (χ0n) is 9.95. The molecular formula is C11H26N2OSi. The highest BCUT2D eigenvalue weighted by molar-refractivity contribution is 6.58. The average molecular weight is 230 g/mol. The van der Waals surface area contributed by atoms with E-state index in [9.17, 15) is 0 Å². The van der Waals surface area contributed by atoms with Crippen molar-refractivity contribution in [2.24, 2.45) is 17.4 Å². The lowest BCUT2D eigenvalue weighted by Crippen LogP contribution is -2.41. The van der Waals surface area contributed by atoms with E-state index >= 15 is 0 Å². The van der Waals surface area contributed by atoms with Gasteiger partial charge in [-0.3, -0.25) is 0 Å². The van der Waals surface area contributed by atoms with E-state index in [1.54, 1.807) is 0 Å². The Balaban J connectivity index is 2.39. The lowest BCUT2D eigenvalue weighted by Gasteiger charge is -2.35. The lowest BCUT2D eigenvalue weighted by atomic mass is 9.98. The quantitative estimate of drug-likeness (QED) is 0.666. The van der Waals surface area contributed by atoms with E-state index in [0.29, 0.717) is 5.73 Å². The van der Waals surface area contributed by atoms with E-state index in [1.165, 1.54) is 25.3 Å². The lowest BCUT2D eigenvalue weighted by molar-refractivity contribution is 0.0178. The maximum atomic E-state index is 5.97. The van der Waals surface area contributed by atoms with Gasteiger partial charge in [-0.25, -0.2) is 0 Å². The second kappa shape index (κ2) is 7.38. The van der Waals surface area contributed by atoms with Crippen molar-refractivity contribution in [2.45, 2.75) is 44.0 Å². The molecule has 1 heterocycles. The Hall–Kier alpha value is 0.0969. The minimum Gasteiger partial charge on any atom is -0.382 e. The highest BCUT2D eigenvalue weighted by Crippen LogP contribution is 2.26. The summed E-state index contributed by atoms with van der Waals surface area (Å²) in [5.74, 6) is 0.739. The molecule has 0 aromatic rings. The zero-order chi connectivity index (χ0) is 11.1. The molecule has 3 nitrogen and oxygen atoms in total. The molecule has 1 aliphatic rings. The van der Waals surface area contributed by atoms with Gasteiger partial charge >= 0.3 is 0 Å². The first-order chi connectivity index (χ1) is 7.29. The molecule has 0 saturated carbocycles. The molecule has 0 amide bonds. The first-order valence-electron chi connectivity index (χ1n) is 6.31. The second-order valence-electron chi connectivity index (χ2n) is 4.72. The van der Waals surface area contributed by atoms with Crippen molar-refractivity contribution in [1.82, 2.24) is 0 Å². The van der Waals surface area contributed by atoms with Crippen LogP contribution < -0.4 is 11.5 Å². The standard InChI is InChI=1S/C11H26N2OSi/c1-15(9-3-6-12)11-10(5-7-13)4-2-8-14-11/h10-11,15H,2-9,12-13H2,1H3. The van der Waals surface area contributed by atoms with Crippen LogP contribution in [-0.2, 0) is 4.74 Å². The number of hydrogen-bond donors (Lipinski definition) is 2. The number of rotatable bonds is 6. The fraction of sp³-hybridized carbons (Fsp3) is 1.00. The van der Waals surface area contributed by atoms with Gasteiger partial charge in [0.15, 0.2) is 0 Å². The summed E-state index contributed by atoms with van der Waals surface area (Å²) in [6, 6.07) is 1.32. The molecule has 0 aromatic heterocycles. The summed E-state index contributed by atoms with van der Waals surface area (Å²) in [7, 11) is -0.748. The first-order valence-corrected chi connectivity index (χ1v) is 8.95. The van der Waals surface area contributed by atoms with Crippen LogP contribution >= 0.6 is 0 Å². The summed E-state index contributed by atoms with van der Waals surface area (Å²) in [5.41, 5.74) is 11.8. The molecule has 15 heavy (non-hydrogen) atoms. The van der Waals surface area contributed by atoms with Crippen LogP contribution in [0.3, 0.4) is 0 Å². The number of hydrogen-bond acceptors (Lipinski definition) is 3. The van der Waals surface area contributed by atoms with Gasteiger partial charge in [-0.05, 0) is 44.7 Å². The Kier molecular flexibility index (Phi) is 6.48. The van der Waals surface area contributed by atoms with Crippen LogP contribution in [0.1, 0.15) is 25.7 Å². The maximum Gasteiger partial charge on any atom is 0.0690 e. The van der Waals surface area contributed by atoms with Crippen molar-refractivity contribution < 1.29 is 4.74 Å². The third kappa shape index (κ3) is 4.22. The molecule has 3 unspecified atom stereocenters. The smallest absolute Gasteiger partial charge is 0.0690 e. The van der Waals surface area contributed by atoms with Crippen LogP contribution in [-0.4, -0.2) is 34.2 Å². The van der Waals surface area contributed by atoms with E-state index in [-0.39, 0.29) is 0 Å². The third-order valence-electron chi connectivity index (χ3n) is 3.46. The molecule has 4 N–H and O–H groups in total. The zero-order valence-corrected chi connectivity index (χ0v) is 11.1. The van der Waals surface area contributed by atoms with Crippen molar-refractivity contribution in [3.05, 3.63) is 0 Å². The van der Waals surface area contributed by atoms with E-state index in [1.807, 2.05) is 0 Å². The van der Waals surface area contributed by atoms with Crippen LogP contribution in [0.4, 0.5) is 0 Å². The van der Waals surface area contributed by atoms with E-state index in [4.69, 9.17) is 16.2 Å². The topological polar surface area (TPSA) is 61.3 Å². The summed E-state index contributed by atoms with van der Waals surface area (Å²) in [6.45, 7) is 5.02. The Morgan fingerprint density at radius 3 is 2.80 bits per heavy atom. The van der Waals surface area contributed by atoms with Crippen LogP contribution in [0.5, 0.6) is 0 Å². The molecule has 0 radical (unpaired) electrons. The summed E-state index contributed by atoms with van der Waals surface area (Å²) in [5, 5.41) is 0. The van der Waals surface area contributed by atoms with E-state index in [0.717, 1.165) is 32.0 Å². The Morgan fingerprint density at radius 2 is 2.13 bits per heavy atom. The molecule has 1 saturated heterocycles. The van der Waals surface area contributed by atoms with E-state index < -0.39 is 8.80 Å². The molecule has 0 spiro atoms. The summed E-state index contributed by atoms with van der Waals surface area (Å²) in [4.78, 5) is 0. The molecule has 4 heteroatoms. The van der Waals surface area contributed by atoms with Gasteiger partial charge in [-0.1, -0.05) is 12.6 Å². The number of ether oxygens (including phenoxy) is 1. The van der Waals surface area contributed by atoms with Crippen molar-refractivity contribution in [3.8, 4) is 0 Å². The monoisotopic (exact) mass is 230 g/mol. The maximum absolute atomic E-state index is 5.97. The minimum absolute atomic E-state index is 0.564. The van der Waals surface area contributed by atoms with Crippen molar-refractivity contribution in [2.75, 3.05) is 19.7 Å². The Morgan fingerprint density at radius 1 is 1.33 bits per heavy atom. The Bertz CT molecular complexity index is 167. The predicted molar refractivity (Wildman–Crippen MR) is 67.6 cm³/mol. The largest absolute Gasteiger partial charge is 0.382 e. The average Bonchev–Trinajstić information content (AvgIpc) is 2.27. The first kappa shape index (κ1) is 13.2. The SMILES string of the molecule is C[SiH](CCCN)C1OCCCC1CCN. The van der Waals surface area contributed by atoms with Crippen LogP contribution in [0.15, 0.2) is 0 Å². The third-order valence-corrected chi connectivity index (χ3v) is 6.63. The minimum atomic E-state index is -0.748. The van der Waals surface area contributed by atoms with Crippen LogP contribution in [0.2, 0.25) is 12.6 Å². The fourth-order valence-corrected chi connectivity index (χ4v) is 5.61. The molecule has 90 valence electrons. The van der Waals surface area contributed by atoms with Gasteiger partial charge in [0, 0.05) is 12.3 Å². The Labute approximate surface area is 95.2 Å². The molecule has 3 atom stereocenters. The molecule has 1 aliphatic heterocycles. The molecule has 0 aromatic carbocycles. The van der Waals surface area contributed by atoms with Crippen molar-refractivity contribution in [3.63, 3.8) is 0 Å².